The number of nitrogens with zero attached hydrogens (tertiary/aromatic N) is 3. The molecule has 0 saturated carbocycles. The molecule has 122 valence electrons. The molecule has 1 aromatic heterocycles. The Morgan fingerprint density at radius 2 is 2.18 bits per heavy atom. The highest BCUT2D eigenvalue weighted by atomic mass is 16.5. The normalized spacial score (nSPS) is 24.5. The van der Waals surface area contributed by atoms with Crippen LogP contribution in [0, 0.1) is 0 Å². The fraction of sp³-hybridized carbons (Fsp3) is 0.812. The molecule has 2 fully saturated rings. The van der Waals surface area contributed by atoms with E-state index >= 15 is 0 Å². The number of nitrogens with one attached hydrogen (secondary N) is 1. The van der Waals surface area contributed by atoms with Crippen LogP contribution in [0.5, 0.6) is 0 Å². The summed E-state index contributed by atoms with van der Waals surface area (Å²) < 4.78 is 5.22. The Bertz CT molecular complexity index is 488. The summed E-state index contributed by atoms with van der Waals surface area (Å²) in [5.41, 5.74) is 0. The Balaban J connectivity index is 1.47. The molecule has 0 aliphatic carbocycles. The van der Waals surface area contributed by atoms with Gasteiger partial charge in [0.25, 0.3) is 0 Å². The van der Waals surface area contributed by atoms with Crippen molar-refractivity contribution in [2.24, 2.45) is 0 Å². The second-order valence-corrected chi connectivity index (χ2v) is 6.39. The van der Waals surface area contributed by atoms with Crippen LogP contribution in [0.3, 0.4) is 0 Å². The van der Waals surface area contributed by atoms with Crippen molar-refractivity contribution in [3.63, 3.8) is 0 Å². The van der Waals surface area contributed by atoms with Crippen LogP contribution in [-0.4, -0.2) is 46.1 Å². The molecule has 0 aromatic carbocycles. The van der Waals surface area contributed by atoms with Gasteiger partial charge in [-0.05, 0) is 38.6 Å². The number of aromatic nitrogens is 2. The van der Waals surface area contributed by atoms with Crippen LogP contribution in [0.1, 0.15) is 57.2 Å². The van der Waals surface area contributed by atoms with Gasteiger partial charge in [-0.3, -0.25) is 4.79 Å². The van der Waals surface area contributed by atoms with E-state index in [1.807, 2.05) is 0 Å². The number of hydrogen-bond donors (Lipinski definition) is 1. The molecule has 6 heteroatoms. The molecule has 3 rings (SSSR count). The third-order valence-corrected chi connectivity index (χ3v) is 4.71. The van der Waals surface area contributed by atoms with Gasteiger partial charge in [0.05, 0.1) is 0 Å². The lowest BCUT2D eigenvalue weighted by Gasteiger charge is -2.27. The molecule has 6 nitrogen and oxygen atoms in total. The van der Waals surface area contributed by atoms with Gasteiger partial charge in [0.2, 0.25) is 11.8 Å². The van der Waals surface area contributed by atoms with E-state index in [-0.39, 0.29) is 0 Å². The molecule has 2 atom stereocenters. The first-order valence-electron chi connectivity index (χ1n) is 8.61. The molecule has 2 saturated heterocycles. The lowest BCUT2D eigenvalue weighted by Crippen LogP contribution is -2.42. The molecule has 3 heterocycles. The van der Waals surface area contributed by atoms with Crippen molar-refractivity contribution in [2.45, 2.75) is 70.4 Å². The van der Waals surface area contributed by atoms with Gasteiger partial charge in [-0.1, -0.05) is 12.1 Å². The summed E-state index contributed by atoms with van der Waals surface area (Å²) in [6.07, 6.45) is 7.34. The van der Waals surface area contributed by atoms with Crippen molar-refractivity contribution >= 4 is 5.91 Å². The van der Waals surface area contributed by atoms with E-state index in [1.165, 1.54) is 6.42 Å². The minimum Gasteiger partial charge on any atom is -0.339 e. The molecule has 1 N–H and O–H groups in total. The third kappa shape index (κ3) is 3.48. The smallest absolute Gasteiger partial charge is 0.226 e. The molecular formula is C16H26N4O2. The van der Waals surface area contributed by atoms with Crippen molar-refractivity contribution in [3.05, 3.63) is 11.7 Å². The number of amides is 1. The zero-order chi connectivity index (χ0) is 15.4. The van der Waals surface area contributed by atoms with E-state index in [0.29, 0.717) is 36.7 Å². The number of hydrogen-bond acceptors (Lipinski definition) is 5. The molecule has 2 aliphatic heterocycles. The summed E-state index contributed by atoms with van der Waals surface area (Å²) in [5, 5.41) is 7.38. The maximum Gasteiger partial charge on any atom is 0.226 e. The van der Waals surface area contributed by atoms with Gasteiger partial charge in [-0.15, -0.1) is 0 Å². The van der Waals surface area contributed by atoms with Gasteiger partial charge in [0, 0.05) is 37.9 Å². The highest BCUT2D eigenvalue weighted by Crippen LogP contribution is 2.28. The Hall–Kier alpha value is -1.43. The Labute approximate surface area is 131 Å². The highest BCUT2D eigenvalue weighted by Gasteiger charge is 2.37. The van der Waals surface area contributed by atoms with Crippen LogP contribution in [0.25, 0.3) is 0 Å². The Morgan fingerprint density at radius 1 is 1.32 bits per heavy atom. The van der Waals surface area contributed by atoms with Crippen molar-refractivity contribution in [3.8, 4) is 0 Å². The number of carbonyl (C=O) groups is 1. The summed E-state index contributed by atoms with van der Waals surface area (Å²) in [5.74, 6) is 1.74. The molecule has 2 aliphatic rings. The summed E-state index contributed by atoms with van der Waals surface area (Å²) in [4.78, 5) is 19.0. The fourth-order valence-corrected chi connectivity index (χ4v) is 3.63. The lowest BCUT2D eigenvalue weighted by molar-refractivity contribution is -0.133. The standard InChI is InChI=1S/C16H26N4O2/c1-2-4-14-18-15(22-19-14)5-3-6-16(21)20-12-7-8-13(20)11-17-10-9-12/h12-13,17H,2-11H2,1H3. The van der Waals surface area contributed by atoms with Crippen LogP contribution in [0.2, 0.25) is 0 Å². The minimum absolute atomic E-state index is 0.296. The maximum absolute atomic E-state index is 12.5. The molecule has 0 spiro atoms. The summed E-state index contributed by atoms with van der Waals surface area (Å²) in [6, 6.07) is 0.853. The van der Waals surface area contributed by atoms with E-state index in [4.69, 9.17) is 4.52 Å². The van der Waals surface area contributed by atoms with Gasteiger partial charge in [-0.25, -0.2) is 0 Å². The Morgan fingerprint density at radius 3 is 3.05 bits per heavy atom. The van der Waals surface area contributed by atoms with Gasteiger partial charge in [-0.2, -0.15) is 4.98 Å². The Kier molecular flexibility index (Phi) is 5.08. The first-order valence-corrected chi connectivity index (χ1v) is 8.61. The third-order valence-electron chi connectivity index (χ3n) is 4.71. The lowest BCUT2D eigenvalue weighted by atomic mass is 10.1. The minimum atomic E-state index is 0.296. The SMILES string of the molecule is CCCc1noc(CCCC(=O)N2C3CCNCC2CC3)n1. The highest BCUT2D eigenvalue weighted by molar-refractivity contribution is 5.77. The predicted octanol–water partition coefficient (Wildman–Crippen LogP) is 1.70. The average Bonchev–Trinajstić information content (AvgIpc) is 3.02. The van der Waals surface area contributed by atoms with Crippen molar-refractivity contribution in [2.75, 3.05) is 13.1 Å². The molecule has 1 aromatic rings. The van der Waals surface area contributed by atoms with Crippen LogP contribution in [0.4, 0.5) is 0 Å². The molecular weight excluding hydrogens is 280 g/mol. The molecule has 2 bridgehead atoms. The first kappa shape index (κ1) is 15.5. The quantitative estimate of drug-likeness (QED) is 0.866. The maximum atomic E-state index is 12.5. The van der Waals surface area contributed by atoms with E-state index in [0.717, 1.165) is 51.0 Å². The second-order valence-electron chi connectivity index (χ2n) is 6.39. The number of carbonyl (C=O) groups excluding carboxylic acids is 1. The molecule has 2 unspecified atom stereocenters. The van der Waals surface area contributed by atoms with E-state index in [2.05, 4.69) is 27.3 Å². The first-order chi connectivity index (χ1) is 10.8. The topological polar surface area (TPSA) is 71.3 Å². The van der Waals surface area contributed by atoms with Gasteiger partial charge >= 0.3 is 0 Å². The van der Waals surface area contributed by atoms with Gasteiger partial charge in [0.1, 0.15) is 0 Å². The van der Waals surface area contributed by atoms with Crippen LogP contribution < -0.4 is 5.32 Å². The van der Waals surface area contributed by atoms with Crippen LogP contribution >= 0.6 is 0 Å². The van der Waals surface area contributed by atoms with Crippen molar-refractivity contribution in [1.29, 1.82) is 0 Å². The fourth-order valence-electron chi connectivity index (χ4n) is 3.63. The summed E-state index contributed by atoms with van der Waals surface area (Å²) >= 11 is 0. The largest absolute Gasteiger partial charge is 0.339 e. The van der Waals surface area contributed by atoms with Crippen LogP contribution in [0.15, 0.2) is 4.52 Å². The van der Waals surface area contributed by atoms with Crippen LogP contribution in [-0.2, 0) is 17.6 Å². The monoisotopic (exact) mass is 306 g/mol. The summed E-state index contributed by atoms with van der Waals surface area (Å²) in [7, 11) is 0. The molecule has 0 radical (unpaired) electrons. The van der Waals surface area contributed by atoms with Crippen molar-refractivity contribution < 1.29 is 9.32 Å². The van der Waals surface area contributed by atoms with Gasteiger partial charge in [0.15, 0.2) is 5.82 Å². The van der Waals surface area contributed by atoms with Gasteiger partial charge < -0.3 is 14.7 Å². The van der Waals surface area contributed by atoms with E-state index in [9.17, 15) is 4.79 Å². The second kappa shape index (κ2) is 7.22. The van der Waals surface area contributed by atoms with E-state index < -0.39 is 0 Å². The predicted molar refractivity (Wildman–Crippen MR) is 82.4 cm³/mol. The zero-order valence-electron chi connectivity index (χ0n) is 13.4. The molecule has 1 amide bonds. The zero-order valence-corrected chi connectivity index (χ0v) is 13.4. The number of fused-ring (bicyclic) bond motifs is 2. The number of aryl methyl sites for hydroxylation is 2. The van der Waals surface area contributed by atoms with Crippen molar-refractivity contribution in [1.82, 2.24) is 20.4 Å². The average molecular weight is 306 g/mol. The van der Waals surface area contributed by atoms with E-state index in [1.54, 1.807) is 0 Å². The summed E-state index contributed by atoms with van der Waals surface area (Å²) in [6.45, 7) is 4.08. The molecule has 22 heavy (non-hydrogen) atoms. The number of rotatable bonds is 6.